The lowest BCUT2D eigenvalue weighted by Gasteiger charge is -2.11. The molecule has 0 radical (unpaired) electrons. The summed E-state index contributed by atoms with van der Waals surface area (Å²) >= 11 is 5.48. The van der Waals surface area contributed by atoms with Gasteiger partial charge in [0.25, 0.3) is 5.91 Å². The molecule has 0 fully saturated rings. The maximum atomic E-state index is 13.3. The molecular weight excluding hydrogens is 364 g/mol. The largest absolute Gasteiger partial charge is 0.417 e. The van der Waals surface area contributed by atoms with Crippen molar-refractivity contribution in [1.82, 2.24) is 0 Å². The van der Waals surface area contributed by atoms with Crippen LogP contribution >= 0.6 is 11.6 Å². The molecule has 0 saturated heterocycles. The van der Waals surface area contributed by atoms with Gasteiger partial charge in [-0.3, -0.25) is 4.79 Å². The van der Waals surface area contributed by atoms with E-state index in [4.69, 9.17) is 16.4 Å². The second kappa shape index (κ2) is 7.98. The Hall–Kier alpha value is -2.61. The van der Waals surface area contributed by atoms with Gasteiger partial charge in [0, 0.05) is 11.3 Å². The molecule has 132 valence electrons. The lowest BCUT2D eigenvalue weighted by atomic mass is 10.2. The van der Waals surface area contributed by atoms with E-state index in [0.29, 0.717) is 6.07 Å². The summed E-state index contributed by atoms with van der Waals surface area (Å²) in [6, 6.07) is 8.73. The Morgan fingerprint density at radius 1 is 1.24 bits per heavy atom. The number of oxime groups is 1. The van der Waals surface area contributed by atoms with E-state index >= 15 is 0 Å². The molecule has 0 heterocycles. The van der Waals surface area contributed by atoms with Gasteiger partial charge in [-0.1, -0.05) is 35.0 Å². The number of nitrogens with zero attached hydrogens (tertiary/aromatic N) is 1. The summed E-state index contributed by atoms with van der Waals surface area (Å²) in [5.41, 5.74) is -0.996. The van der Waals surface area contributed by atoms with Crippen LogP contribution in [-0.2, 0) is 15.8 Å². The molecule has 0 unspecified atom stereocenters. The number of halogens is 5. The van der Waals surface area contributed by atoms with E-state index in [1.165, 1.54) is 24.3 Å². The first-order valence-electron chi connectivity index (χ1n) is 6.84. The summed E-state index contributed by atoms with van der Waals surface area (Å²) in [5.74, 6) is -1.25. The van der Waals surface area contributed by atoms with Crippen molar-refractivity contribution in [2.75, 3.05) is 11.9 Å². The van der Waals surface area contributed by atoms with Crippen molar-refractivity contribution in [1.29, 1.82) is 0 Å². The number of carbonyl (C=O) groups excluding carboxylic acids is 1. The van der Waals surface area contributed by atoms with E-state index in [-0.39, 0.29) is 11.3 Å². The minimum Gasteiger partial charge on any atom is -0.386 e. The smallest absolute Gasteiger partial charge is 0.386 e. The molecule has 0 atom stereocenters. The fourth-order valence-corrected chi connectivity index (χ4v) is 2.01. The van der Waals surface area contributed by atoms with Gasteiger partial charge in [-0.2, -0.15) is 13.2 Å². The summed E-state index contributed by atoms with van der Waals surface area (Å²) in [5, 5.41) is 5.17. The normalized spacial score (nSPS) is 11.6. The fraction of sp³-hybridized carbons (Fsp3) is 0.125. The number of nitrogens with one attached hydrogen (secondary N) is 1. The number of hydrogen-bond acceptors (Lipinski definition) is 3. The van der Waals surface area contributed by atoms with Crippen LogP contribution in [0.25, 0.3) is 0 Å². The van der Waals surface area contributed by atoms with Gasteiger partial charge in [0.05, 0.1) is 16.8 Å². The fourth-order valence-electron chi connectivity index (χ4n) is 1.79. The highest BCUT2D eigenvalue weighted by Crippen LogP contribution is 2.36. The number of hydrogen-bond donors (Lipinski definition) is 1. The highest BCUT2D eigenvalue weighted by molar-refractivity contribution is 6.31. The second-order valence-electron chi connectivity index (χ2n) is 4.77. The van der Waals surface area contributed by atoms with Crippen LogP contribution in [0.1, 0.15) is 11.1 Å². The Morgan fingerprint density at radius 2 is 1.96 bits per heavy atom. The van der Waals surface area contributed by atoms with E-state index in [1.807, 2.05) is 0 Å². The highest BCUT2D eigenvalue weighted by Gasteiger charge is 2.33. The van der Waals surface area contributed by atoms with Gasteiger partial charge in [0.15, 0.2) is 6.61 Å². The number of rotatable bonds is 5. The van der Waals surface area contributed by atoms with Crippen LogP contribution in [0.4, 0.5) is 23.2 Å². The molecule has 0 bridgehead atoms. The Balaban J connectivity index is 1.92. The molecule has 4 nitrogen and oxygen atoms in total. The van der Waals surface area contributed by atoms with Crippen LogP contribution in [0.15, 0.2) is 47.6 Å². The van der Waals surface area contributed by atoms with Crippen molar-refractivity contribution in [2.45, 2.75) is 6.18 Å². The third-order valence-corrected chi connectivity index (χ3v) is 3.25. The van der Waals surface area contributed by atoms with Crippen molar-refractivity contribution >= 4 is 29.4 Å². The number of benzene rings is 2. The maximum Gasteiger partial charge on any atom is 0.417 e. The third kappa shape index (κ3) is 5.46. The van der Waals surface area contributed by atoms with Crippen LogP contribution in [0.5, 0.6) is 0 Å². The van der Waals surface area contributed by atoms with Gasteiger partial charge in [0.1, 0.15) is 5.82 Å². The van der Waals surface area contributed by atoms with E-state index < -0.39 is 35.1 Å². The van der Waals surface area contributed by atoms with E-state index in [9.17, 15) is 22.4 Å². The summed E-state index contributed by atoms with van der Waals surface area (Å²) in [4.78, 5) is 16.3. The van der Waals surface area contributed by atoms with Crippen molar-refractivity contribution in [2.24, 2.45) is 5.16 Å². The molecule has 2 aromatic rings. The molecule has 0 aliphatic rings. The first-order chi connectivity index (χ1) is 11.8. The molecule has 2 rings (SSSR count). The standard InChI is InChI=1S/C16H11ClF4N2O2/c17-13-6-5-11(7-12(13)16(19,20)21)23-15(24)9-25-22-8-10-3-1-2-4-14(10)18/h1-8H,9H2,(H,23,24)/b22-8-. The summed E-state index contributed by atoms with van der Waals surface area (Å²) < 4.78 is 51.5. The lowest BCUT2D eigenvalue weighted by molar-refractivity contribution is -0.137. The van der Waals surface area contributed by atoms with Crippen LogP contribution in [0, 0.1) is 5.82 Å². The van der Waals surface area contributed by atoms with Crippen LogP contribution in [0.2, 0.25) is 5.02 Å². The molecule has 0 aliphatic carbocycles. The molecule has 25 heavy (non-hydrogen) atoms. The number of alkyl halides is 3. The van der Waals surface area contributed by atoms with Gasteiger partial charge < -0.3 is 10.2 Å². The molecule has 1 amide bonds. The highest BCUT2D eigenvalue weighted by atomic mass is 35.5. The first-order valence-corrected chi connectivity index (χ1v) is 7.21. The zero-order valence-electron chi connectivity index (χ0n) is 12.5. The van der Waals surface area contributed by atoms with Crippen molar-refractivity contribution in [3.05, 3.63) is 64.4 Å². The summed E-state index contributed by atoms with van der Waals surface area (Å²) in [6.07, 6.45) is -3.56. The topological polar surface area (TPSA) is 50.7 Å². The van der Waals surface area contributed by atoms with Crippen molar-refractivity contribution < 1.29 is 27.2 Å². The predicted molar refractivity (Wildman–Crippen MR) is 85.0 cm³/mol. The van der Waals surface area contributed by atoms with E-state index in [0.717, 1.165) is 12.3 Å². The Morgan fingerprint density at radius 3 is 2.64 bits per heavy atom. The van der Waals surface area contributed by atoms with Crippen LogP contribution in [0.3, 0.4) is 0 Å². The SMILES string of the molecule is O=C(CO/N=C\c1ccccc1F)Nc1ccc(Cl)c(C(F)(F)F)c1. The zero-order chi connectivity index (χ0) is 18.4. The zero-order valence-corrected chi connectivity index (χ0v) is 13.2. The van der Waals surface area contributed by atoms with Gasteiger partial charge in [-0.25, -0.2) is 4.39 Å². The molecule has 0 aliphatic heterocycles. The summed E-state index contributed by atoms with van der Waals surface area (Å²) in [7, 11) is 0. The van der Waals surface area contributed by atoms with Gasteiger partial charge in [0.2, 0.25) is 0 Å². The molecule has 9 heteroatoms. The Bertz CT molecular complexity index is 794. The van der Waals surface area contributed by atoms with Gasteiger partial charge >= 0.3 is 6.18 Å². The predicted octanol–water partition coefficient (Wildman–Crippen LogP) is 4.49. The van der Waals surface area contributed by atoms with E-state index in [2.05, 4.69) is 10.5 Å². The minimum absolute atomic E-state index is 0.0941. The molecular formula is C16H11ClF4N2O2. The number of anilines is 1. The summed E-state index contributed by atoms with van der Waals surface area (Å²) in [6.45, 7) is -0.561. The molecule has 1 N–H and O–H groups in total. The van der Waals surface area contributed by atoms with Gasteiger partial charge in [-0.15, -0.1) is 0 Å². The molecule has 2 aromatic carbocycles. The average Bonchev–Trinajstić information content (AvgIpc) is 2.54. The first kappa shape index (κ1) is 18.7. The van der Waals surface area contributed by atoms with Crippen LogP contribution < -0.4 is 5.32 Å². The van der Waals surface area contributed by atoms with E-state index in [1.54, 1.807) is 6.07 Å². The molecule has 0 saturated carbocycles. The molecule has 0 aromatic heterocycles. The minimum atomic E-state index is -4.64. The third-order valence-electron chi connectivity index (χ3n) is 2.92. The van der Waals surface area contributed by atoms with Crippen molar-refractivity contribution in [3.8, 4) is 0 Å². The Labute approximate surface area is 145 Å². The van der Waals surface area contributed by atoms with Crippen molar-refractivity contribution in [3.63, 3.8) is 0 Å². The van der Waals surface area contributed by atoms with Gasteiger partial charge in [-0.05, 0) is 24.3 Å². The number of amides is 1. The second-order valence-corrected chi connectivity index (χ2v) is 5.18. The quantitative estimate of drug-likeness (QED) is 0.476. The monoisotopic (exact) mass is 374 g/mol. The van der Waals surface area contributed by atoms with Crippen LogP contribution in [-0.4, -0.2) is 18.7 Å². The number of carbonyl (C=O) groups is 1. The lowest BCUT2D eigenvalue weighted by Crippen LogP contribution is -2.17. The maximum absolute atomic E-state index is 13.3. The average molecular weight is 375 g/mol. The Kier molecular flexibility index (Phi) is 5.97. The molecule has 0 spiro atoms.